The fraction of sp³-hybridized carbons (Fsp3) is 0.0909. The summed E-state index contributed by atoms with van der Waals surface area (Å²) in [6.07, 6.45) is 7.70. The molecule has 1 aromatic carbocycles. The minimum absolute atomic E-state index is 0.0473. The largest absolute Gasteiger partial charge is 0.370 e. The number of hydrogen-bond donors (Lipinski definition) is 1. The van der Waals surface area contributed by atoms with Crippen LogP contribution in [0.4, 0.5) is 11.4 Å². The molecule has 0 saturated heterocycles. The molecule has 1 N–H and O–H groups in total. The third-order valence-corrected chi connectivity index (χ3v) is 2.17. The molecule has 0 unspecified atom stereocenters. The highest BCUT2D eigenvalue weighted by Crippen LogP contribution is 2.24. The minimum Gasteiger partial charge on any atom is -0.370 e. The Bertz CT molecular complexity index is 426. The molecular weight excluding hydrogens is 192 g/mol. The van der Waals surface area contributed by atoms with Gasteiger partial charge >= 0.3 is 0 Å². The van der Waals surface area contributed by atoms with Gasteiger partial charge in [0.15, 0.2) is 0 Å². The van der Waals surface area contributed by atoms with Crippen LogP contribution in [0.5, 0.6) is 0 Å². The Hall–Kier alpha value is -2.10. The van der Waals surface area contributed by atoms with Crippen LogP contribution in [0.25, 0.3) is 0 Å². The number of rotatable bonds is 3. The van der Waals surface area contributed by atoms with Crippen LogP contribution in [0, 0.1) is 10.1 Å². The van der Waals surface area contributed by atoms with E-state index < -0.39 is 0 Å². The van der Waals surface area contributed by atoms with Gasteiger partial charge in [0.05, 0.1) is 11.0 Å². The highest BCUT2D eigenvalue weighted by atomic mass is 16.6. The summed E-state index contributed by atoms with van der Waals surface area (Å²) in [5.74, 6) is 0. The van der Waals surface area contributed by atoms with Crippen LogP contribution < -0.4 is 5.32 Å². The second-order valence-electron chi connectivity index (χ2n) is 3.21. The highest BCUT2D eigenvalue weighted by molar-refractivity contribution is 5.62. The predicted octanol–water partition coefficient (Wildman–Crippen LogP) is 2.50. The van der Waals surface area contributed by atoms with Crippen LogP contribution in [0.3, 0.4) is 0 Å². The van der Waals surface area contributed by atoms with Gasteiger partial charge in [0.25, 0.3) is 5.69 Å². The molecule has 0 fully saturated rings. The van der Waals surface area contributed by atoms with E-state index >= 15 is 0 Å². The van der Waals surface area contributed by atoms with Gasteiger partial charge in [-0.15, -0.1) is 0 Å². The Morgan fingerprint density at radius 2 is 1.87 bits per heavy atom. The number of nitrogens with zero attached hydrogens (tertiary/aromatic N) is 1. The molecule has 15 heavy (non-hydrogen) atoms. The van der Waals surface area contributed by atoms with Crippen LogP contribution in [0.1, 0.15) is 0 Å². The molecule has 0 saturated carbocycles. The molecule has 1 aliphatic rings. The number of para-hydroxylation sites is 2. The Morgan fingerprint density at radius 1 is 1.20 bits per heavy atom. The van der Waals surface area contributed by atoms with Crippen LogP contribution in [-0.4, -0.2) is 11.0 Å². The van der Waals surface area contributed by atoms with Gasteiger partial charge in [-0.2, -0.15) is 0 Å². The van der Waals surface area contributed by atoms with Crippen molar-refractivity contribution in [1.82, 2.24) is 0 Å². The maximum absolute atomic E-state index is 10.7. The average Bonchev–Trinajstić information content (AvgIpc) is 2.71. The van der Waals surface area contributed by atoms with Gasteiger partial charge in [-0.25, -0.2) is 0 Å². The number of nitro benzene ring substituents is 1. The number of anilines is 1. The zero-order valence-corrected chi connectivity index (χ0v) is 7.96. The van der Waals surface area contributed by atoms with Crippen molar-refractivity contribution in [3.63, 3.8) is 0 Å². The quantitative estimate of drug-likeness (QED) is 0.605. The number of nitro groups is 1. The van der Waals surface area contributed by atoms with E-state index in [1.807, 2.05) is 24.3 Å². The summed E-state index contributed by atoms with van der Waals surface area (Å²) in [7, 11) is 0. The van der Waals surface area contributed by atoms with Gasteiger partial charge in [-0.05, 0) is 6.07 Å². The van der Waals surface area contributed by atoms with Crippen molar-refractivity contribution in [1.29, 1.82) is 0 Å². The van der Waals surface area contributed by atoms with Gasteiger partial charge in [-0.1, -0.05) is 36.4 Å². The lowest BCUT2D eigenvalue weighted by Crippen LogP contribution is -2.12. The first-order valence-corrected chi connectivity index (χ1v) is 4.62. The summed E-state index contributed by atoms with van der Waals surface area (Å²) < 4.78 is 0. The van der Waals surface area contributed by atoms with Crippen molar-refractivity contribution in [2.45, 2.75) is 6.04 Å². The molecule has 0 amide bonds. The van der Waals surface area contributed by atoms with Gasteiger partial charge in [0.1, 0.15) is 5.69 Å². The molecule has 4 heteroatoms. The van der Waals surface area contributed by atoms with Gasteiger partial charge < -0.3 is 5.32 Å². The third kappa shape index (κ3) is 2.04. The van der Waals surface area contributed by atoms with Crippen LogP contribution in [-0.2, 0) is 0 Å². The molecule has 0 spiro atoms. The lowest BCUT2D eigenvalue weighted by Gasteiger charge is -2.10. The summed E-state index contributed by atoms with van der Waals surface area (Å²) >= 11 is 0. The monoisotopic (exact) mass is 202 g/mol. The molecule has 0 atom stereocenters. The molecule has 0 radical (unpaired) electrons. The number of benzene rings is 1. The standard InChI is InChI=1S/C11H10N2O2/c14-13(15)11-8-4-3-7-10(11)12-9-5-1-2-6-9/h1-9,12H. The van der Waals surface area contributed by atoms with Crippen molar-refractivity contribution in [2.75, 3.05) is 5.32 Å². The van der Waals surface area contributed by atoms with Gasteiger partial charge in [0.2, 0.25) is 0 Å². The second-order valence-corrected chi connectivity index (χ2v) is 3.21. The molecule has 4 nitrogen and oxygen atoms in total. The van der Waals surface area contributed by atoms with E-state index in [4.69, 9.17) is 0 Å². The third-order valence-electron chi connectivity index (χ3n) is 2.17. The summed E-state index contributed by atoms with van der Waals surface area (Å²) in [4.78, 5) is 10.3. The van der Waals surface area contributed by atoms with Crippen molar-refractivity contribution >= 4 is 11.4 Å². The van der Waals surface area contributed by atoms with E-state index in [9.17, 15) is 10.1 Å². The molecule has 0 heterocycles. The number of nitrogens with one attached hydrogen (secondary N) is 1. The first-order chi connectivity index (χ1) is 7.27. The fourth-order valence-electron chi connectivity index (χ4n) is 1.46. The Kier molecular flexibility index (Phi) is 2.49. The lowest BCUT2D eigenvalue weighted by atomic mass is 10.2. The van der Waals surface area contributed by atoms with E-state index in [1.165, 1.54) is 6.07 Å². The van der Waals surface area contributed by atoms with E-state index in [2.05, 4.69) is 5.32 Å². The molecule has 0 bridgehead atoms. The van der Waals surface area contributed by atoms with Crippen molar-refractivity contribution < 1.29 is 4.92 Å². The molecule has 76 valence electrons. The summed E-state index contributed by atoms with van der Waals surface area (Å²) in [5.41, 5.74) is 0.648. The number of allylic oxidation sites excluding steroid dienone is 2. The molecule has 0 aliphatic heterocycles. The molecule has 1 aliphatic carbocycles. The first kappa shape index (κ1) is 9.45. The van der Waals surface area contributed by atoms with Crippen molar-refractivity contribution in [3.05, 3.63) is 58.7 Å². The zero-order chi connectivity index (χ0) is 10.7. The van der Waals surface area contributed by atoms with Crippen molar-refractivity contribution in [3.8, 4) is 0 Å². The van der Waals surface area contributed by atoms with E-state index in [1.54, 1.807) is 18.2 Å². The maximum Gasteiger partial charge on any atom is 0.292 e. The number of hydrogen-bond acceptors (Lipinski definition) is 3. The summed E-state index contributed by atoms with van der Waals surface area (Å²) in [6, 6.07) is 6.68. The minimum atomic E-state index is -0.384. The van der Waals surface area contributed by atoms with Gasteiger partial charge in [0, 0.05) is 6.07 Å². The molecule has 0 aromatic heterocycles. The second kappa shape index (κ2) is 3.96. The predicted molar refractivity (Wildman–Crippen MR) is 58.8 cm³/mol. The highest BCUT2D eigenvalue weighted by Gasteiger charge is 2.14. The normalized spacial score (nSPS) is 14.4. The maximum atomic E-state index is 10.7. The Labute approximate surface area is 87.1 Å². The molecule has 2 rings (SSSR count). The van der Waals surface area contributed by atoms with Crippen LogP contribution in [0.15, 0.2) is 48.6 Å². The summed E-state index contributed by atoms with van der Waals surface area (Å²) in [6.45, 7) is 0. The zero-order valence-electron chi connectivity index (χ0n) is 7.96. The van der Waals surface area contributed by atoms with Crippen molar-refractivity contribution in [2.24, 2.45) is 0 Å². The van der Waals surface area contributed by atoms with Crippen LogP contribution >= 0.6 is 0 Å². The average molecular weight is 202 g/mol. The Balaban J connectivity index is 2.23. The lowest BCUT2D eigenvalue weighted by molar-refractivity contribution is -0.384. The Morgan fingerprint density at radius 3 is 2.53 bits per heavy atom. The molecule has 1 aromatic rings. The fourth-order valence-corrected chi connectivity index (χ4v) is 1.46. The summed E-state index contributed by atoms with van der Waals surface area (Å²) in [5, 5.41) is 13.8. The van der Waals surface area contributed by atoms with E-state index in [0.717, 1.165) is 0 Å². The van der Waals surface area contributed by atoms with E-state index in [0.29, 0.717) is 5.69 Å². The SMILES string of the molecule is O=[N+]([O-])c1ccccc1NC1C=CC=C1. The topological polar surface area (TPSA) is 55.2 Å². The van der Waals surface area contributed by atoms with Crippen LogP contribution in [0.2, 0.25) is 0 Å². The van der Waals surface area contributed by atoms with Gasteiger partial charge in [-0.3, -0.25) is 10.1 Å². The first-order valence-electron chi connectivity index (χ1n) is 4.62. The smallest absolute Gasteiger partial charge is 0.292 e. The molecular formula is C11H10N2O2. The van der Waals surface area contributed by atoms with E-state index in [-0.39, 0.29) is 16.7 Å².